The summed E-state index contributed by atoms with van der Waals surface area (Å²) in [6, 6.07) is 14.0. The van der Waals surface area contributed by atoms with Gasteiger partial charge < -0.3 is 20.6 Å². The van der Waals surface area contributed by atoms with E-state index in [9.17, 15) is 19.6 Å². The maximum Gasteiger partial charge on any atom is 0.264 e. The molecule has 0 aliphatic carbocycles. The normalized spacial score (nSPS) is 16.2. The molecule has 1 amide bonds. The number of piperidine rings is 1. The van der Waals surface area contributed by atoms with Crippen LogP contribution in [0.25, 0.3) is 21.6 Å². The number of aliphatic hydroxyl groups excluding tert-OH is 1. The van der Waals surface area contributed by atoms with Crippen LogP contribution in [-0.2, 0) is 0 Å². The fourth-order valence-electron chi connectivity index (χ4n) is 4.53. The van der Waals surface area contributed by atoms with Crippen molar-refractivity contribution < 1.29 is 14.3 Å². The van der Waals surface area contributed by atoms with Crippen molar-refractivity contribution in [3.63, 3.8) is 0 Å². The summed E-state index contributed by atoms with van der Waals surface area (Å²) >= 11 is 1.36. The molecule has 1 aromatic heterocycles. The van der Waals surface area contributed by atoms with Gasteiger partial charge in [0.05, 0.1) is 22.6 Å². The van der Waals surface area contributed by atoms with E-state index in [1.54, 1.807) is 18.3 Å². The Labute approximate surface area is 233 Å². The lowest BCUT2D eigenvalue weighted by atomic mass is 9.99. The number of likely N-dealkylation sites (tertiary alicyclic amines) is 1. The summed E-state index contributed by atoms with van der Waals surface area (Å²) in [5, 5.41) is 18.8. The fraction of sp³-hybridized carbons (Fsp3) is 0.367. The lowest BCUT2D eigenvalue weighted by molar-refractivity contribution is 0.0640. The maximum atomic E-state index is 14.7. The number of nitriles is 1. The van der Waals surface area contributed by atoms with Gasteiger partial charge in [0.1, 0.15) is 11.9 Å². The number of thiophene rings is 1. The molecule has 0 spiro atoms. The molecule has 3 N–H and O–H groups in total. The molecule has 1 aliphatic heterocycles. The minimum absolute atomic E-state index is 0.0349. The zero-order valence-corrected chi connectivity index (χ0v) is 23.6. The van der Waals surface area contributed by atoms with Gasteiger partial charge in [-0.25, -0.2) is 4.39 Å². The van der Waals surface area contributed by atoms with Gasteiger partial charge in [-0.05, 0) is 82.2 Å². The number of nitrogen functional groups attached to an aromatic ring is 1. The summed E-state index contributed by atoms with van der Waals surface area (Å²) < 4.78 is 14.7. The lowest BCUT2D eigenvalue weighted by Crippen LogP contribution is -2.47. The number of nitrogens with zero attached hydrogens (tertiary/aromatic N) is 4. The summed E-state index contributed by atoms with van der Waals surface area (Å²) in [4.78, 5) is 23.5. The van der Waals surface area contributed by atoms with Gasteiger partial charge >= 0.3 is 0 Å². The van der Waals surface area contributed by atoms with Gasteiger partial charge in [-0.3, -0.25) is 9.79 Å². The van der Waals surface area contributed by atoms with E-state index in [1.807, 2.05) is 57.1 Å². The number of benzene rings is 2. The van der Waals surface area contributed by atoms with Crippen molar-refractivity contribution in [3.8, 4) is 27.6 Å². The molecule has 1 aliphatic rings. The third-order valence-electron chi connectivity index (χ3n) is 7.05. The number of carbonyl (C=O) groups excluding carboxylic acids is 1. The fourth-order valence-corrected chi connectivity index (χ4v) is 5.67. The zero-order chi connectivity index (χ0) is 28.3. The number of amides is 1. The van der Waals surface area contributed by atoms with Crippen molar-refractivity contribution >= 4 is 29.1 Å². The molecular formula is C30H34FN5O2S. The monoisotopic (exact) mass is 547 g/mol. The third kappa shape index (κ3) is 6.36. The number of likely N-dealkylation sites (N-methyl/N-ethyl adjacent to an activating group) is 1. The smallest absolute Gasteiger partial charge is 0.264 e. The predicted octanol–water partition coefficient (Wildman–Crippen LogP) is 5.03. The van der Waals surface area contributed by atoms with Crippen molar-refractivity contribution in [2.24, 2.45) is 4.99 Å². The van der Waals surface area contributed by atoms with Crippen LogP contribution >= 0.6 is 11.3 Å². The van der Waals surface area contributed by atoms with Crippen molar-refractivity contribution in [1.29, 1.82) is 5.26 Å². The second-order valence-electron chi connectivity index (χ2n) is 10.7. The van der Waals surface area contributed by atoms with Crippen molar-refractivity contribution in [2.75, 3.05) is 39.5 Å². The molecule has 7 nitrogen and oxygen atoms in total. The van der Waals surface area contributed by atoms with E-state index in [1.165, 1.54) is 23.5 Å². The average molecular weight is 548 g/mol. The van der Waals surface area contributed by atoms with Crippen LogP contribution < -0.4 is 5.73 Å². The summed E-state index contributed by atoms with van der Waals surface area (Å²) in [7, 11) is 4.06. The number of rotatable bonds is 7. The maximum absolute atomic E-state index is 14.7. The van der Waals surface area contributed by atoms with Crippen molar-refractivity contribution in [3.05, 3.63) is 64.3 Å². The Bertz CT molecular complexity index is 1440. The number of aliphatic hydroxyl groups is 1. The molecule has 2 aromatic carbocycles. The molecule has 1 unspecified atom stereocenters. The van der Waals surface area contributed by atoms with E-state index in [2.05, 4.69) is 9.89 Å². The number of anilines is 1. The van der Waals surface area contributed by atoms with Crippen LogP contribution in [0.15, 0.2) is 47.5 Å². The molecule has 0 saturated carbocycles. The average Bonchev–Trinajstić information content (AvgIpc) is 3.37. The van der Waals surface area contributed by atoms with Crippen LogP contribution in [-0.4, -0.2) is 72.4 Å². The molecule has 2 heterocycles. The van der Waals surface area contributed by atoms with Gasteiger partial charge in [0, 0.05) is 47.0 Å². The second kappa shape index (κ2) is 11.7. The first-order chi connectivity index (χ1) is 18.5. The number of aliphatic imine (C=N–C) groups is 1. The van der Waals surface area contributed by atoms with Crippen LogP contribution in [0.4, 0.5) is 10.1 Å². The van der Waals surface area contributed by atoms with E-state index >= 15 is 0 Å². The molecule has 1 saturated heterocycles. The standard InChI is InChI=1S/C30H34FN5O2S/c1-30(2,18-37)34-16-22-12-20(9-10-26(22)33)28-24(19-7-8-21(15-32)25(31)13-19)14-27(39-28)29(38)36-11-5-6-23(17-36)35(3)4/h7-10,12-14,16,23,37H,5-6,11,17-18,33H2,1-4H3. The Morgan fingerprint density at radius 3 is 2.69 bits per heavy atom. The molecule has 0 radical (unpaired) electrons. The van der Waals surface area contributed by atoms with Gasteiger partial charge in [0.25, 0.3) is 5.91 Å². The van der Waals surface area contributed by atoms with Crippen LogP contribution in [0, 0.1) is 17.1 Å². The predicted molar refractivity (Wildman–Crippen MR) is 156 cm³/mol. The van der Waals surface area contributed by atoms with Crippen LogP contribution in [0.5, 0.6) is 0 Å². The highest BCUT2D eigenvalue weighted by molar-refractivity contribution is 7.18. The Kier molecular flexibility index (Phi) is 8.50. The first-order valence-electron chi connectivity index (χ1n) is 12.9. The number of nitrogens with two attached hydrogens (primary N) is 1. The van der Waals surface area contributed by atoms with Crippen LogP contribution in [0.3, 0.4) is 0 Å². The summed E-state index contributed by atoms with van der Waals surface area (Å²) in [6.07, 6.45) is 3.63. The highest BCUT2D eigenvalue weighted by Crippen LogP contribution is 2.41. The first kappa shape index (κ1) is 28.4. The Morgan fingerprint density at radius 1 is 1.28 bits per heavy atom. The minimum atomic E-state index is -0.658. The van der Waals surface area contributed by atoms with Crippen molar-refractivity contribution in [1.82, 2.24) is 9.80 Å². The highest BCUT2D eigenvalue weighted by atomic mass is 32.1. The Hall–Kier alpha value is -3.58. The Balaban J connectivity index is 1.80. The number of halogens is 1. The van der Waals surface area contributed by atoms with E-state index < -0.39 is 11.4 Å². The number of hydrogen-bond donors (Lipinski definition) is 2. The van der Waals surface area contributed by atoms with Crippen molar-refractivity contribution in [2.45, 2.75) is 38.3 Å². The minimum Gasteiger partial charge on any atom is -0.398 e. The molecular weight excluding hydrogens is 513 g/mol. The Morgan fingerprint density at radius 2 is 2.03 bits per heavy atom. The molecule has 0 bridgehead atoms. The SMILES string of the molecule is CN(C)C1CCCN(C(=O)c2cc(-c3ccc(C#N)c(F)c3)c(-c3ccc(N)c(C=NC(C)(C)CO)c3)s2)C1. The molecule has 1 fully saturated rings. The number of hydrogen-bond acceptors (Lipinski definition) is 7. The van der Waals surface area contributed by atoms with E-state index in [4.69, 9.17) is 5.73 Å². The quantitative estimate of drug-likeness (QED) is 0.319. The second-order valence-corrected chi connectivity index (χ2v) is 11.8. The van der Waals surface area contributed by atoms with Crippen LogP contribution in [0.2, 0.25) is 0 Å². The summed E-state index contributed by atoms with van der Waals surface area (Å²) in [5.74, 6) is -0.656. The molecule has 3 aromatic rings. The van der Waals surface area contributed by atoms with Gasteiger partial charge in [-0.1, -0.05) is 12.1 Å². The molecule has 204 valence electrons. The zero-order valence-electron chi connectivity index (χ0n) is 22.7. The largest absolute Gasteiger partial charge is 0.398 e. The van der Waals surface area contributed by atoms with Crippen LogP contribution in [0.1, 0.15) is 47.5 Å². The number of carbonyl (C=O) groups is 1. The lowest BCUT2D eigenvalue weighted by Gasteiger charge is -2.35. The summed E-state index contributed by atoms with van der Waals surface area (Å²) in [6.45, 7) is 4.88. The third-order valence-corrected chi connectivity index (χ3v) is 8.22. The van der Waals surface area contributed by atoms with E-state index in [0.29, 0.717) is 46.4 Å². The molecule has 9 heteroatoms. The van der Waals surface area contributed by atoms with Gasteiger partial charge in [0.15, 0.2) is 0 Å². The van der Waals surface area contributed by atoms with E-state index in [0.717, 1.165) is 23.3 Å². The topological polar surface area (TPSA) is 106 Å². The van der Waals surface area contributed by atoms with Gasteiger partial charge in [0.2, 0.25) is 0 Å². The molecule has 1 atom stereocenters. The van der Waals surface area contributed by atoms with Gasteiger partial charge in [-0.2, -0.15) is 5.26 Å². The first-order valence-corrected chi connectivity index (χ1v) is 13.7. The van der Waals surface area contributed by atoms with Gasteiger partial charge in [-0.15, -0.1) is 11.3 Å². The highest BCUT2D eigenvalue weighted by Gasteiger charge is 2.28. The summed E-state index contributed by atoms with van der Waals surface area (Å²) in [5.41, 5.74) is 8.83. The molecule has 4 rings (SSSR count). The van der Waals surface area contributed by atoms with E-state index in [-0.39, 0.29) is 18.1 Å². The molecule has 39 heavy (non-hydrogen) atoms.